The summed E-state index contributed by atoms with van der Waals surface area (Å²) in [5, 5.41) is 2.46. The number of pyridine rings is 1. The van der Waals surface area contributed by atoms with E-state index >= 15 is 0 Å². The highest BCUT2D eigenvalue weighted by Gasteiger charge is 2.42. The topological polar surface area (TPSA) is 184 Å². The van der Waals surface area contributed by atoms with E-state index in [9.17, 15) is 24.0 Å². The number of hydrogen-bond donors (Lipinski definition) is 1. The zero-order chi connectivity index (χ0) is 35.2. The lowest BCUT2D eigenvalue weighted by atomic mass is 9.91. The molecule has 1 aromatic carbocycles. The molecular formula is C33H42N2O13. The molecule has 1 fully saturated rings. The van der Waals surface area contributed by atoms with Crippen molar-refractivity contribution in [1.29, 1.82) is 0 Å². The molecule has 15 heteroatoms. The highest BCUT2D eigenvalue weighted by molar-refractivity contribution is 5.98. The van der Waals surface area contributed by atoms with Gasteiger partial charge in [0.2, 0.25) is 6.79 Å². The van der Waals surface area contributed by atoms with Crippen molar-refractivity contribution in [3.8, 4) is 11.5 Å². The molecule has 0 spiro atoms. The van der Waals surface area contributed by atoms with Crippen molar-refractivity contribution in [2.45, 2.75) is 58.5 Å². The lowest BCUT2D eigenvalue weighted by Gasteiger charge is -2.29. The Kier molecular flexibility index (Phi) is 14.6. The van der Waals surface area contributed by atoms with E-state index in [0.29, 0.717) is 0 Å². The van der Waals surface area contributed by atoms with E-state index in [1.807, 2.05) is 6.07 Å². The molecule has 2 heterocycles. The molecule has 1 aromatic heterocycles. The molecule has 1 aliphatic heterocycles. The first-order valence-corrected chi connectivity index (χ1v) is 15.3. The van der Waals surface area contributed by atoms with E-state index in [1.165, 1.54) is 40.3 Å². The molecule has 262 valence electrons. The third kappa shape index (κ3) is 10.6. The first kappa shape index (κ1) is 37.7. The van der Waals surface area contributed by atoms with Crippen LogP contribution in [0.1, 0.15) is 43.7 Å². The number of nitrogens with zero attached hydrogens (tertiary/aromatic N) is 1. The van der Waals surface area contributed by atoms with Crippen molar-refractivity contribution in [1.82, 2.24) is 10.3 Å². The number of ether oxygens (including phenoxy) is 8. The quantitative estimate of drug-likeness (QED) is 0.125. The number of rotatable bonds is 15. The highest BCUT2D eigenvalue weighted by Crippen LogP contribution is 2.30. The second-order valence-electron chi connectivity index (χ2n) is 11.1. The van der Waals surface area contributed by atoms with Gasteiger partial charge >= 0.3 is 23.9 Å². The van der Waals surface area contributed by atoms with E-state index < -0.39 is 79.4 Å². The van der Waals surface area contributed by atoms with Crippen LogP contribution in [0.5, 0.6) is 11.5 Å². The Morgan fingerprint density at radius 2 is 1.73 bits per heavy atom. The maximum Gasteiger partial charge on any atom is 0.337 e. The zero-order valence-corrected chi connectivity index (χ0v) is 27.8. The molecule has 0 aliphatic carbocycles. The van der Waals surface area contributed by atoms with Gasteiger partial charge < -0.3 is 43.2 Å². The molecule has 15 nitrogen and oxygen atoms in total. The molecule has 0 saturated carbocycles. The summed E-state index contributed by atoms with van der Waals surface area (Å²) < 4.78 is 43.0. The molecule has 1 amide bonds. The molecule has 3 rings (SSSR count). The number of hydrogen-bond acceptors (Lipinski definition) is 14. The predicted molar refractivity (Wildman–Crippen MR) is 166 cm³/mol. The van der Waals surface area contributed by atoms with Gasteiger partial charge in [0.15, 0.2) is 35.4 Å². The van der Waals surface area contributed by atoms with Gasteiger partial charge in [-0.25, -0.2) is 14.6 Å². The molecule has 0 radical (unpaired) electrons. The molecule has 1 aliphatic rings. The van der Waals surface area contributed by atoms with Crippen LogP contribution in [0.2, 0.25) is 0 Å². The van der Waals surface area contributed by atoms with Gasteiger partial charge in [-0.15, -0.1) is 0 Å². The Balaban J connectivity index is 1.79. The fraction of sp³-hybridized carbons (Fsp3) is 0.515. The van der Waals surface area contributed by atoms with Gasteiger partial charge in [0.05, 0.1) is 26.2 Å². The number of cyclic esters (lactones) is 2. The number of methoxy groups -OCH3 is 2. The minimum atomic E-state index is -1.48. The molecule has 5 atom stereocenters. The molecular weight excluding hydrogens is 632 g/mol. The summed E-state index contributed by atoms with van der Waals surface area (Å²) in [6, 6.07) is 8.96. The minimum absolute atomic E-state index is 0.0752. The number of benzene rings is 1. The predicted octanol–water partition coefficient (Wildman–Crippen LogP) is 2.03. The first-order valence-electron chi connectivity index (χ1n) is 15.3. The standard InChI is InChI=1S/C33H42N2O13/c1-19(2)30(37)48-27-20(3)47-33(40)24(17-44-32(39)23(27)16-22-10-8-7-9-11-22)35-29(36)26-28(25(42-6)12-13-34-26)45-18-46-31(38)21(4)43-15-14-41-5/h7-13,19-21,23-24,27H,14-18H2,1-6H3,(H,35,36). The number of nitrogens with one attached hydrogen (secondary N) is 1. The van der Waals surface area contributed by atoms with E-state index in [1.54, 1.807) is 38.1 Å². The number of amides is 1. The Bertz CT molecular complexity index is 1400. The number of carbonyl (C=O) groups is 5. The summed E-state index contributed by atoms with van der Waals surface area (Å²) in [7, 11) is 2.82. The zero-order valence-electron chi connectivity index (χ0n) is 27.8. The largest absolute Gasteiger partial charge is 0.493 e. The van der Waals surface area contributed by atoms with Gasteiger partial charge in [0, 0.05) is 19.4 Å². The molecule has 0 bridgehead atoms. The van der Waals surface area contributed by atoms with Crippen LogP contribution in [0.15, 0.2) is 42.6 Å². The van der Waals surface area contributed by atoms with Crippen LogP contribution in [-0.2, 0) is 54.0 Å². The maximum atomic E-state index is 13.5. The van der Waals surface area contributed by atoms with Crippen LogP contribution >= 0.6 is 0 Å². The molecule has 48 heavy (non-hydrogen) atoms. The smallest absolute Gasteiger partial charge is 0.337 e. The monoisotopic (exact) mass is 674 g/mol. The molecule has 5 unspecified atom stereocenters. The van der Waals surface area contributed by atoms with Crippen molar-refractivity contribution >= 4 is 29.8 Å². The second kappa shape index (κ2) is 18.5. The van der Waals surface area contributed by atoms with Crippen molar-refractivity contribution in [2.24, 2.45) is 11.8 Å². The fourth-order valence-electron chi connectivity index (χ4n) is 4.51. The van der Waals surface area contributed by atoms with Crippen molar-refractivity contribution in [3.63, 3.8) is 0 Å². The number of carbonyl (C=O) groups excluding carboxylic acids is 5. The normalized spacial score (nSPS) is 20.2. The summed E-state index contributed by atoms with van der Waals surface area (Å²) >= 11 is 0. The fourth-order valence-corrected chi connectivity index (χ4v) is 4.51. The summed E-state index contributed by atoms with van der Waals surface area (Å²) in [5.74, 6) is -5.60. The third-order valence-corrected chi connectivity index (χ3v) is 7.16. The van der Waals surface area contributed by atoms with Gasteiger partial charge in [0.1, 0.15) is 18.6 Å². The minimum Gasteiger partial charge on any atom is -0.493 e. The summed E-state index contributed by atoms with van der Waals surface area (Å²) in [6.07, 6.45) is -1.79. The average molecular weight is 675 g/mol. The molecule has 1 saturated heterocycles. The molecule has 1 N–H and O–H groups in total. The van der Waals surface area contributed by atoms with Gasteiger partial charge in [-0.3, -0.25) is 14.4 Å². The average Bonchev–Trinajstić information content (AvgIpc) is 3.10. The Hall–Kier alpha value is -4.76. The van der Waals surface area contributed by atoms with Gasteiger partial charge in [-0.05, 0) is 25.8 Å². The van der Waals surface area contributed by atoms with Crippen molar-refractivity contribution in [2.75, 3.05) is 40.8 Å². The van der Waals surface area contributed by atoms with Gasteiger partial charge in [0.25, 0.3) is 5.91 Å². The van der Waals surface area contributed by atoms with Crippen molar-refractivity contribution < 1.29 is 61.9 Å². The summed E-state index contributed by atoms with van der Waals surface area (Å²) in [4.78, 5) is 69.2. The molecule has 2 aromatic rings. The van der Waals surface area contributed by atoms with Crippen molar-refractivity contribution in [3.05, 3.63) is 53.9 Å². The summed E-state index contributed by atoms with van der Waals surface area (Å²) in [5.41, 5.74) is 0.440. The Labute approximate surface area is 278 Å². The van der Waals surface area contributed by atoms with Gasteiger partial charge in [-0.2, -0.15) is 0 Å². The van der Waals surface area contributed by atoms with Crippen LogP contribution in [0, 0.1) is 11.8 Å². The number of esters is 4. The Morgan fingerprint density at radius 1 is 1.00 bits per heavy atom. The Morgan fingerprint density at radius 3 is 2.40 bits per heavy atom. The van der Waals surface area contributed by atoms with E-state index in [4.69, 9.17) is 37.9 Å². The van der Waals surface area contributed by atoms with Crippen LogP contribution in [0.4, 0.5) is 0 Å². The van der Waals surface area contributed by atoms with Crippen LogP contribution in [0.3, 0.4) is 0 Å². The highest BCUT2D eigenvalue weighted by atomic mass is 16.7. The van der Waals surface area contributed by atoms with Crippen LogP contribution in [0.25, 0.3) is 0 Å². The lowest BCUT2D eigenvalue weighted by molar-refractivity contribution is -0.176. The van der Waals surface area contributed by atoms with Crippen LogP contribution in [-0.4, -0.2) is 100.0 Å². The maximum absolute atomic E-state index is 13.5. The summed E-state index contributed by atoms with van der Waals surface area (Å²) in [6.45, 7) is 5.49. The van der Waals surface area contributed by atoms with E-state index in [0.717, 1.165) is 5.56 Å². The van der Waals surface area contributed by atoms with E-state index in [-0.39, 0.29) is 36.8 Å². The van der Waals surface area contributed by atoms with E-state index in [2.05, 4.69) is 10.3 Å². The first-order chi connectivity index (χ1) is 23.0. The lowest BCUT2D eigenvalue weighted by Crippen LogP contribution is -2.47. The van der Waals surface area contributed by atoms with Crippen LogP contribution < -0.4 is 14.8 Å². The SMILES string of the molecule is COCCOC(C)C(=O)OCOc1c(OC)ccnc1C(=O)NC1COC(=O)C(Cc2ccccc2)C(OC(=O)C(C)C)C(C)OC1=O. The second-order valence-corrected chi connectivity index (χ2v) is 11.1. The van der Waals surface area contributed by atoms with Gasteiger partial charge in [-0.1, -0.05) is 44.2 Å². The third-order valence-electron chi connectivity index (χ3n) is 7.16. The number of aromatic nitrogens is 1.